The Balaban J connectivity index is 1.32. The molecule has 30 heavy (non-hydrogen) atoms. The number of urea groups is 1. The van der Waals surface area contributed by atoms with Gasteiger partial charge in [-0.1, -0.05) is 12.1 Å². The number of hydrogen-bond donors (Lipinski definition) is 2. The third-order valence-corrected chi connectivity index (χ3v) is 5.89. The van der Waals surface area contributed by atoms with Gasteiger partial charge < -0.3 is 10.6 Å². The first-order chi connectivity index (χ1) is 14.5. The smallest absolute Gasteiger partial charge is 0.335 e. The summed E-state index contributed by atoms with van der Waals surface area (Å²) in [5.41, 5.74) is 1.39. The van der Waals surface area contributed by atoms with Crippen molar-refractivity contribution in [1.82, 2.24) is 30.0 Å². The number of carbonyl (C=O) groups excluding carboxylic acids is 1. The molecule has 1 aromatic carbocycles. The van der Waals surface area contributed by atoms with Gasteiger partial charge in [0.25, 0.3) is 0 Å². The van der Waals surface area contributed by atoms with Gasteiger partial charge in [0, 0.05) is 30.9 Å². The molecule has 1 atom stereocenters. The van der Waals surface area contributed by atoms with E-state index in [4.69, 9.17) is 0 Å². The standard InChI is InChI=1S/C20H23FN6O2S/c1-13-23-17(12-30-13)11-27-20(29)26-8-7-16(5-6-18(26)25-27)24-19(28)22-10-14-3-2-4-15(21)9-14/h2-4,9,12,16H,5-8,10-11H2,1H3,(H2,22,24,28). The number of carbonyl (C=O) groups is 1. The summed E-state index contributed by atoms with van der Waals surface area (Å²) < 4.78 is 16.4. The predicted octanol–water partition coefficient (Wildman–Crippen LogP) is 2.20. The molecule has 2 amide bonds. The second-order valence-electron chi connectivity index (χ2n) is 7.35. The van der Waals surface area contributed by atoms with Crippen LogP contribution in [0, 0.1) is 12.7 Å². The van der Waals surface area contributed by atoms with Gasteiger partial charge in [-0.15, -0.1) is 11.3 Å². The maximum atomic E-state index is 13.2. The van der Waals surface area contributed by atoms with Crippen LogP contribution in [-0.4, -0.2) is 31.4 Å². The highest BCUT2D eigenvalue weighted by Gasteiger charge is 2.22. The van der Waals surface area contributed by atoms with Crippen molar-refractivity contribution < 1.29 is 9.18 Å². The quantitative estimate of drug-likeness (QED) is 0.649. The highest BCUT2D eigenvalue weighted by atomic mass is 32.1. The van der Waals surface area contributed by atoms with Crippen LogP contribution in [0.5, 0.6) is 0 Å². The molecule has 0 saturated heterocycles. The maximum Gasteiger partial charge on any atom is 0.346 e. The normalized spacial score (nSPS) is 16.0. The Bertz CT molecular complexity index is 1100. The topological polar surface area (TPSA) is 93.8 Å². The summed E-state index contributed by atoms with van der Waals surface area (Å²) in [6, 6.07) is 5.76. The van der Waals surface area contributed by atoms with Crippen molar-refractivity contribution in [1.29, 1.82) is 0 Å². The molecule has 1 aliphatic rings. The van der Waals surface area contributed by atoms with Gasteiger partial charge in [0.1, 0.15) is 11.6 Å². The first-order valence-corrected chi connectivity index (χ1v) is 10.7. The van der Waals surface area contributed by atoms with Gasteiger partial charge >= 0.3 is 11.7 Å². The molecule has 10 heteroatoms. The number of hydrogen-bond acceptors (Lipinski definition) is 5. The lowest BCUT2D eigenvalue weighted by Crippen LogP contribution is -2.42. The fraction of sp³-hybridized carbons (Fsp3) is 0.400. The van der Waals surface area contributed by atoms with Gasteiger partial charge in [-0.3, -0.25) is 4.57 Å². The zero-order valence-corrected chi connectivity index (χ0v) is 17.4. The van der Waals surface area contributed by atoms with E-state index in [-0.39, 0.29) is 30.1 Å². The Hall–Kier alpha value is -3.01. The number of rotatable bonds is 5. The van der Waals surface area contributed by atoms with Crippen molar-refractivity contribution in [3.8, 4) is 0 Å². The summed E-state index contributed by atoms with van der Waals surface area (Å²) in [5, 5.41) is 13.1. The lowest BCUT2D eigenvalue weighted by molar-refractivity contribution is 0.235. The molecular formula is C20H23FN6O2S. The lowest BCUT2D eigenvalue weighted by Gasteiger charge is -2.16. The number of thiazole rings is 1. The van der Waals surface area contributed by atoms with Crippen molar-refractivity contribution >= 4 is 17.4 Å². The third kappa shape index (κ3) is 4.76. The number of halogens is 1. The summed E-state index contributed by atoms with van der Waals surface area (Å²) in [4.78, 5) is 29.3. The molecule has 8 nitrogen and oxygen atoms in total. The average molecular weight is 431 g/mol. The van der Waals surface area contributed by atoms with Crippen LogP contribution < -0.4 is 16.3 Å². The van der Waals surface area contributed by atoms with E-state index in [0.29, 0.717) is 37.9 Å². The van der Waals surface area contributed by atoms with Crippen LogP contribution in [0.2, 0.25) is 0 Å². The summed E-state index contributed by atoms with van der Waals surface area (Å²) >= 11 is 1.55. The molecule has 2 aromatic heterocycles. The Labute approximate surface area is 176 Å². The lowest BCUT2D eigenvalue weighted by atomic mass is 10.1. The maximum absolute atomic E-state index is 13.2. The molecule has 0 radical (unpaired) electrons. The predicted molar refractivity (Wildman–Crippen MR) is 111 cm³/mol. The van der Waals surface area contributed by atoms with E-state index in [9.17, 15) is 14.0 Å². The summed E-state index contributed by atoms with van der Waals surface area (Å²) in [7, 11) is 0. The van der Waals surface area contributed by atoms with Crippen LogP contribution >= 0.6 is 11.3 Å². The van der Waals surface area contributed by atoms with E-state index in [0.717, 1.165) is 16.5 Å². The van der Waals surface area contributed by atoms with Crippen LogP contribution in [0.3, 0.4) is 0 Å². The molecule has 0 bridgehead atoms. The van der Waals surface area contributed by atoms with E-state index in [1.54, 1.807) is 28.0 Å². The Morgan fingerprint density at radius 3 is 3.00 bits per heavy atom. The van der Waals surface area contributed by atoms with Crippen molar-refractivity contribution in [3.05, 3.63) is 68.0 Å². The largest absolute Gasteiger partial charge is 0.346 e. The third-order valence-electron chi connectivity index (χ3n) is 5.07. The molecule has 2 N–H and O–H groups in total. The van der Waals surface area contributed by atoms with Gasteiger partial charge in [0.15, 0.2) is 0 Å². The van der Waals surface area contributed by atoms with Gasteiger partial charge in [0.05, 0.1) is 17.2 Å². The zero-order valence-electron chi connectivity index (χ0n) is 16.6. The van der Waals surface area contributed by atoms with Crippen molar-refractivity contribution in [2.45, 2.75) is 51.9 Å². The number of aryl methyl sites for hydroxylation is 2. The van der Waals surface area contributed by atoms with Crippen molar-refractivity contribution in [3.63, 3.8) is 0 Å². The minimum atomic E-state index is -0.330. The molecule has 0 fully saturated rings. The molecule has 0 saturated carbocycles. The second-order valence-corrected chi connectivity index (χ2v) is 8.41. The van der Waals surface area contributed by atoms with Gasteiger partial charge in [-0.05, 0) is 37.5 Å². The Kier molecular flexibility index (Phi) is 5.93. The van der Waals surface area contributed by atoms with Crippen LogP contribution in [0.25, 0.3) is 0 Å². The van der Waals surface area contributed by atoms with E-state index in [1.807, 2.05) is 12.3 Å². The molecule has 3 aromatic rings. The molecule has 158 valence electrons. The van der Waals surface area contributed by atoms with Gasteiger partial charge in [-0.2, -0.15) is 5.10 Å². The number of amides is 2. The average Bonchev–Trinajstić information content (AvgIpc) is 3.18. The molecule has 1 unspecified atom stereocenters. The number of aromatic nitrogens is 4. The van der Waals surface area contributed by atoms with Crippen LogP contribution in [0.1, 0.15) is 34.9 Å². The Morgan fingerprint density at radius 2 is 2.23 bits per heavy atom. The van der Waals surface area contributed by atoms with E-state index in [2.05, 4.69) is 20.7 Å². The van der Waals surface area contributed by atoms with Crippen molar-refractivity contribution in [2.75, 3.05) is 0 Å². The first-order valence-electron chi connectivity index (χ1n) is 9.84. The fourth-order valence-corrected chi connectivity index (χ4v) is 4.18. The highest BCUT2D eigenvalue weighted by Crippen LogP contribution is 2.13. The molecule has 3 heterocycles. The minimum absolute atomic E-state index is 0.0618. The van der Waals surface area contributed by atoms with Crippen LogP contribution in [0.4, 0.5) is 9.18 Å². The number of nitrogens with zero attached hydrogens (tertiary/aromatic N) is 4. The van der Waals surface area contributed by atoms with Crippen LogP contribution in [-0.2, 0) is 26.1 Å². The molecule has 0 aliphatic carbocycles. The highest BCUT2D eigenvalue weighted by molar-refractivity contribution is 7.09. The Morgan fingerprint density at radius 1 is 1.37 bits per heavy atom. The van der Waals surface area contributed by atoms with Crippen LogP contribution in [0.15, 0.2) is 34.4 Å². The molecular weight excluding hydrogens is 407 g/mol. The minimum Gasteiger partial charge on any atom is -0.335 e. The van der Waals surface area contributed by atoms with E-state index >= 15 is 0 Å². The van der Waals surface area contributed by atoms with Gasteiger partial charge in [-0.25, -0.2) is 23.6 Å². The SMILES string of the molecule is Cc1nc(Cn2nc3n(c2=O)CCC(NC(=O)NCc2cccc(F)c2)CC3)cs1. The van der Waals surface area contributed by atoms with E-state index in [1.165, 1.54) is 16.8 Å². The second kappa shape index (κ2) is 8.78. The first kappa shape index (κ1) is 20.3. The zero-order chi connectivity index (χ0) is 21.1. The fourth-order valence-electron chi connectivity index (χ4n) is 3.58. The van der Waals surface area contributed by atoms with Gasteiger partial charge in [0.2, 0.25) is 0 Å². The van der Waals surface area contributed by atoms with E-state index < -0.39 is 0 Å². The molecule has 0 spiro atoms. The molecule has 1 aliphatic heterocycles. The summed E-state index contributed by atoms with van der Waals surface area (Å²) in [6.45, 7) is 3.05. The molecule has 4 rings (SSSR count). The van der Waals surface area contributed by atoms with Crippen molar-refractivity contribution in [2.24, 2.45) is 0 Å². The summed E-state index contributed by atoms with van der Waals surface area (Å²) in [6.07, 6.45) is 1.94. The summed E-state index contributed by atoms with van der Waals surface area (Å²) in [5.74, 6) is 0.403. The number of benzene rings is 1. The number of nitrogens with one attached hydrogen (secondary N) is 2. The number of fused-ring (bicyclic) bond motifs is 1. The monoisotopic (exact) mass is 430 g/mol.